The van der Waals surface area contributed by atoms with Gasteiger partial charge in [0.05, 0.1) is 11.2 Å². The van der Waals surface area contributed by atoms with Crippen molar-refractivity contribution in [3.8, 4) is 0 Å². The zero-order valence-corrected chi connectivity index (χ0v) is 14.3. The van der Waals surface area contributed by atoms with Crippen LogP contribution >= 0.6 is 0 Å². The van der Waals surface area contributed by atoms with Gasteiger partial charge < -0.3 is 10.3 Å². The standard InChI is InChI=1S/C20H17N3O3/c1-11-8-9-12-4-2-6-16(18(12)21-11)23-20(26)14-10-13-15(22-19(14)25)5-3-7-17(13)24/h2,4,6,8-10H,3,5,7H2,1H3,(H,22,25)(H,23,26). The van der Waals surface area contributed by atoms with Crippen molar-refractivity contribution in [2.45, 2.75) is 26.2 Å². The highest BCUT2D eigenvalue weighted by molar-refractivity contribution is 6.09. The number of rotatable bonds is 2. The average Bonchev–Trinajstić information content (AvgIpc) is 2.62. The van der Waals surface area contributed by atoms with Gasteiger partial charge in [-0.25, -0.2) is 0 Å². The number of carbonyl (C=O) groups excluding carboxylic acids is 2. The highest BCUT2D eigenvalue weighted by Gasteiger charge is 2.22. The lowest BCUT2D eigenvalue weighted by atomic mass is 9.93. The molecule has 0 unspecified atom stereocenters. The maximum absolute atomic E-state index is 12.7. The number of nitrogens with one attached hydrogen (secondary N) is 2. The molecule has 0 spiro atoms. The summed E-state index contributed by atoms with van der Waals surface area (Å²) >= 11 is 0. The van der Waals surface area contributed by atoms with Crippen molar-refractivity contribution in [3.63, 3.8) is 0 Å². The second-order valence-electron chi connectivity index (χ2n) is 6.47. The fraction of sp³-hybridized carbons (Fsp3) is 0.200. The van der Waals surface area contributed by atoms with E-state index in [1.807, 2.05) is 31.2 Å². The van der Waals surface area contributed by atoms with Crippen molar-refractivity contribution >= 4 is 28.3 Å². The van der Waals surface area contributed by atoms with Crippen LogP contribution in [-0.4, -0.2) is 21.7 Å². The number of ketones is 1. The summed E-state index contributed by atoms with van der Waals surface area (Å²) < 4.78 is 0. The highest BCUT2D eigenvalue weighted by Crippen LogP contribution is 2.23. The van der Waals surface area contributed by atoms with Crippen LogP contribution in [0.3, 0.4) is 0 Å². The highest BCUT2D eigenvalue weighted by atomic mass is 16.2. The van der Waals surface area contributed by atoms with Crippen LogP contribution in [0.15, 0.2) is 41.2 Å². The normalized spacial score (nSPS) is 13.5. The topological polar surface area (TPSA) is 91.9 Å². The van der Waals surface area contributed by atoms with E-state index >= 15 is 0 Å². The number of carbonyl (C=O) groups is 2. The molecule has 6 nitrogen and oxygen atoms in total. The molecule has 0 atom stereocenters. The summed E-state index contributed by atoms with van der Waals surface area (Å²) in [7, 11) is 0. The smallest absolute Gasteiger partial charge is 0.261 e. The number of pyridine rings is 2. The number of aryl methyl sites for hydroxylation is 2. The summed E-state index contributed by atoms with van der Waals surface area (Å²) in [5.74, 6) is -0.595. The number of nitrogens with zero attached hydrogens (tertiary/aromatic N) is 1. The summed E-state index contributed by atoms with van der Waals surface area (Å²) in [6.07, 6.45) is 1.80. The maximum Gasteiger partial charge on any atom is 0.261 e. The van der Waals surface area contributed by atoms with Crippen molar-refractivity contribution in [2.24, 2.45) is 0 Å². The number of anilines is 1. The minimum absolute atomic E-state index is 0.0426. The van der Waals surface area contributed by atoms with E-state index in [-0.39, 0.29) is 11.3 Å². The second-order valence-corrected chi connectivity index (χ2v) is 6.47. The maximum atomic E-state index is 12.7. The third kappa shape index (κ3) is 2.79. The van der Waals surface area contributed by atoms with Crippen molar-refractivity contribution in [3.05, 3.63) is 69.3 Å². The summed E-state index contributed by atoms with van der Waals surface area (Å²) in [5, 5.41) is 3.65. The molecule has 130 valence electrons. The minimum Gasteiger partial charge on any atom is -0.325 e. The van der Waals surface area contributed by atoms with Gasteiger partial charge in [-0.1, -0.05) is 18.2 Å². The number of para-hydroxylation sites is 1. The van der Waals surface area contributed by atoms with Crippen molar-refractivity contribution in [2.75, 3.05) is 5.32 Å². The average molecular weight is 347 g/mol. The van der Waals surface area contributed by atoms with E-state index in [1.54, 1.807) is 6.07 Å². The predicted octanol–water partition coefficient (Wildman–Crippen LogP) is 3.00. The number of fused-ring (bicyclic) bond motifs is 2. The molecule has 1 amide bonds. The molecule has 0 radical (unpaired) electrons. The summed E-state index contributed by atoms with van der Waals surface area (Å²) in [4.78, 5) is 44.2. The molecule has 0 saturated carbocycles. The van der Waals surface area contributed by atoms with Gasteiger partial charge in [-0.15, -0.1) is 0 Å². The largest absolute Gasteiger partial charge is 0.325 e. The van der Waals surface area contributed by atoms with E-state index in [0.29, 0.717) is 41.7 Å². The van der Waals surface area contributed by atoms with Gasteiger partial charge in [-0.2, -0.15) is 0 Å². The number of Topliss-reactive ketones (excluding diaryl/α,β-unsaturated/α-hetero) is 1. The van der Waals surface area contributed by atoms with E-state index in [4.69, 9.17) is 0 Å². The number of aromatic amines is 1. The second kappa shape index (κ2) is 6.22. The monoisotopic (exact) mass is 347 g/mol. The first-order valence-corrected chi connectivity index (χ1v) is 8.50. The van der Waals surface area contributed by atoms with Gasteiger partial charge >= 0.3 is 0 Å². The summed E-state index contributed by atoms with van der Waals surface area (Å²) in [6, 6.07) is 10.7. The Morgan fingerprint density at radius 2 is 2.00 bits per heavy atom. The van der Waals surface area contributed by atoms with Crippen molar-refractivity contribution in [1.29, 1.82) is 0 Å². The van der Waals surface area contributed by atoms with Crippen LogP contribution in [0.5, 0.6) is 0 Å². The number of H-pyrrole nitrogens is 1. The molecule has 3 aromatic rings. The van der Waals surface area contributed by atoms with Gasteiger partial charge in [0, 0.05) is 28.8 Å². The Morgan fingerprint density at radius 3 is 2.85 bits per heavy atom. The van der Waals surface area contributed by atoms with E-state index < -0.39 is 11.5 Å². The molecule has 0 fully saturated rings. The fourth-order valence-electron chi connectivity index (χ4n) is 3.28. The van der Waals surface area contributed by atoms with E-state index in [2.05, 4.69) is 15.3 Å². The van der Waals surface area contributed by atoms with Crippen LogP contribution < -0.4 is 10.9 Å². The van der Waals surface area contributed by atoms with Crippen LogP contribution in [-0.2, 0) is 6.42 Å². The molecular weight excluding hydrogens is 330 g/mol. The molecule has 1 aliphatic rings. The van der Waals surface area contributed by atoms with Crippen molar-refractivity contribution < 1.29 is 9.59 Å². The number of hydrogen-bond acceptors (Lipinski definition) is 4. The fourth-order valence-corrected chi connectivity index (χ4v) is 3.28. The molecule has 26 heavy (non-hydrogen) atoms. The van der Waals surface area contributed by atoms with Crippen LogP contribution in [0.2, 0.25) is 0 Å². The zero-order valence-electron chi connectivity index (χ0n) is 14.3. The molecule has 2 aromatic heterocycles. The van der Waals surface area contributed by atoms with Gasteiger partial charge in [0.1, 0.15) is 5.56 Å². The first-order valence-electron chi connectivity index (χ1n) is 8.50. The Labute approximate surface area is 149 Å². The first kappa shape index (κ1) is 16.2. The Morgan fingerprint density at radius 1 is 1.15 bits per heavy atom. The number of amides is 1. The molecule has 0 aliphatic heterocycles. The minimum atomic E-state index is -0.553. The lowest BCUT2D eigenvalue weighted by Gasteiger charge is -2.15. The lowest BCUT2D eigenvalue weighted by Crippen LogP contribution is -2.27. The molecule has 4 rings (SSSR count). The predicted molar refractivity (Wildman–Crippen MR) is 98.8 cm³/mol. The summed E-state index contributed by atoms with van der Waals surface area (Å²) in [6.45, 7) is 1.87. The van der Waals surface area contributed by atoms with E-state index in [1.165, 1.54) is 6.07 Å². The van der Waals surface area contributed by atoms with Crippen LogP contribution in [0, 0.1) is 6.92 Å². The van der Waals surface area contributed by atoms with Gasteiger partial charge in [0.15, 0.2) is 5.78 Å². The Bertz CT molecular complexity index is 1110. The van der Waals surface area contributed by atoms with Gasteiger partial charge in [0.25, 0.3) is 11.5 Å². The van der Waals surface area contributed by atoms with Crippen molar-refractivity contribution in [1.82, 2.24) is 9.97 Å². The molecule has 1 aliphatic carbocycles. The Kier molecular flexibility index (Phi) is 3.88. The molecular formula is C20H17N3O3. The van der Waals surface area contributed by atoms with Crippen LogP contribution in [0.1, 0.15) is 44.9 Å². The number of benzene rings is 1. The van der Waals surface area contributed by atoms with Gasteiger partial charge in [0.2, 0.25) is 0 Å². The van der Waals surface area contributed by atoms with Crippen LogP contribution in [0.25, 0.3) is 10.9 Å². The molecule has 0 saturated heterocycles. The molecule has 6 heteroatoms. The van der Waals surface area contributed by atoms with Gasteiger partial charge in [-0.3, -0.25) is 19.4 Å². The molecule has 2 heterocycles. The first-order chi connectivity index (χ1) is 12.5. The lowest BCUT2D eigenvalue weighted by molar-refractivity contribution is 0.0971. The Hall–Kier alpha value is -3.28. The van der Waals surface area contributed by atoms with E-state index in [9.17, 15) is 14.4 Å². The molecule has 1 aromatic carbocycles. The third-order valence-corrected chi connectivity index (χ3v) is 4.61. The zero-order chi connectivity index (χ0) is 18.3. The Balaban J connectivity index is 1.74. The van der Waals surface area contributed by atoms with Crippen LogP contribution in [0.4, 0.5) is 5.69 Å². The number of hydrogen-bond donors (Lipinski definition) is 2. The summed E-state index contributed by atoms with van der Waals surface area (Å²) in [5.41, 5.74) is 2.52. The van der Waals surface area contributed by atoms with Gasteiger partial charge in [-0.05, 0) is 38.0 Å². The third-order valence-electron chi connectivity index (χ3n) is 4.61. The number of aromatic nitrogens is 2. The van der Waals surface area contributed by atoms with E-state index in [0.717, 1.165) is 11.1 Å². The molecule has 2 N–H and O–H groups in total. The molecule has 0 bridgehead atoms. The SMILES string of the molecule is Cc1ccc2cccc(NC(=O)c3cc4c([nH]c3=O)CCCC4=O)c2n1. The quantitative estimate of drug-likeness (QED) is 0.745.